The Morgan fingerprint density at radius 3 is 2.73 bits per heavy atom. The molecule has 0 spiro atoms. The van der Waals surface area contributed by atoms with E-state index in [1.54, 1.807) is 17.1 Å². The molecule has 4 rings (SSSR count). The monoisotopic (exact) mass is 351 g/mol. The van der Waals surface area contributed by atoms with Crippen molar-refractivity contribution >= 4 is 22.8 Å². The number of hydrogen-bond donors (Lipinski definition) is 1. The van der Waals surface area contributed by atoms with Crippen molar-refractivity contribution in [2.45, 2.75) is 19.3 Å². The molecule has 0 atom stereocenters. The predicted octanol–water partition coefficient (Wildman–Crippen LogP) is 1.33. The number of rotatable bonds is 5. The van der Waals surface area contributed by atoms with Crippen molar-refractivity contribution in [2.24, 2.45) is 7.05 Å². The molecule has 1 fully saturated rings. The van der Waals surface area contributed by atoms with Crippen LogP contribution >= 0.6 is 0 Å². The second-order valence-electron chi connectivity index (χ2n) is 6.47. The highest BCUT2D eigenvalue weighted by atomic mass is 16.2. The highest BCUT2D eigenvalue weighted by molar-refractivity contribution is 5.95. The Bertz CT molecular complexity index is 916. The lowest BCUT2D eigenvalue weighted by molar-refractivity contribution is 0.0944. The van der Waals surface area contributed by atoms with Gasteiger partial charge in [-0.25, -0.2) is 9.97 Å². The van der Waals surface area contributed by atoms with E-state index in [1.165, 1.54) is 0 Å². The standard InChI is InChI=1S/C18H21N7O/c1-24-12-14-15(23-24)21-16(22-17(14)25-10-2-3-11-25)18(26)20-9-6-13-4-7-19-8-5-13/h4-5,7-8,12H,2-3,6,9-11H2,1H3,(H,20,26). The lowest BCUT2D eigenvalue weighted by atomic mass is 10.2. The summed E-state index contributed by atoms with van der Waals surface area (Å²) in [7, 11) is 1.85. The Labute approximate surface area is 151 Å². The van der Waals surface area contributed by atoms with Crippen LogP contribution in [0.3, 0.4) is 0 Å². The minimum atomic E-state index is -0.271. The summed E-state index contributed by atoms with van der Waals surface area (Å²) in [5.41, 5.74) is 1.68. The van der Waals surface area contributed by atoms with E-state index < -0.39 is 0 Å². The summed E-state index contributed by atoms with van der Waals surface area (Å²) in [4.78, 5) is 27.7. The summed E-state index contributed by atoms with van der Waals surface area (Å²) in [6.45, 7) is 2.42. The van der Waals surface area contributed by atoms with Gasteiger partial charge in [0.15, 0.2) is 5.65 Å². The lowest BCUT2D eigenvalue weighted by Gasteiger charge is -2.17. The predicted molar refractivity (Wildman–Crippen MR) is 98.0 cm³/mol. The largest absolute Gasteiger partial charge is 0.356 e. The second kappa shape index (κ2) is 7.07. The molecular weight excluding hydrogens is 330 g/mol. The number of nitrogens with one attached hydrogen (secondary N) is 1. The van der Waals surface area contributed by atoms with Crippen LogP contribution in [-0.2, 0) is 13.5 Å². The van der Waals surface area contributed by atoms with E-state index >= 15 is 0 Å². The van der Waals surface area contributed by atoms with Gasteiger partial charge in [-0.2, -0.15) is 5.10 Å². The van der Waals surface area contributed by atoms with E-state index in [0.717, 1.165) is 49.1 Å². The number of carbonyl (C=O) groups excluding carboxylic acids is 1. The molecule has 0 radical (unpaired) electrons. The number of anilines is 1. The topological polar surface area (TPSA) is 88.8 Å². The fourth-order valence-electron chi connectivity index (χ4n) is 3.22. The number of aryl methyl sites for hydroxylation is 1. The van der Waals surface area contributed by atoms with Crippen molar-refractivity contribution < 1.29 is 4.79 Å². The number of hydrogen-bond acceptors (Lipinski definition) is 6. The second-order valence-corrected chi connectivity index (χ2v) is 6.47. The fraction of sp³-hybridized carbons (Fsp3) is 0.389. The molecule has 1 saturated heterocycles. The smallest absolute Gasteiger partial charge is 0.289 e. The van der Waals surface area contributed by atoms with Crippen LogP contribution in [0.25, 0.3) is 11.0 Å². The van der Waals surface area contributed by atoms with Crippen molar-refractivity contribution in [3.05, 3.63) is 42.1 Å². The van der Waals surface area contributed by atoms with Gasteiger partial charge in [0.25, 0.3) is 5.91 Å². The van der Waals surface area contributed by atoms with E-state index in [-0.39, 0.29) is 11.7 Å². The van der Waals surface area contributed by atoms with Gasteiger partial charge >= 0.3 is 0 Å². The van der Waals surface area contributed by atoms with Crippen LogP contribution in [0.2, 0.25) is 0 Å². The van der Waals surface area contributed by atoms with E-state index in [4.69, 9.17) is 0 Å². The van der Waals surface area contributed by atoms with Crippen LogP contribution in [0, 0.1) is 0 Å². The fourth-order valence-corrected chi connectivity index (χ4v) is 3.22. The third-order valence-electron chi connectivity index (χ3n) is 4.53. The first-order valence-electron chi connectivity index (χ1n) is 8.84. The highest BCUT2D eigenvalue weighted by Gasteiger charge is 2.22. The first kappa shape index (κ1) is 16.4. The minimum absolute atomic E-state index is 0.174. The molecule has 1 aliphatic heterocycles. The Morgan fingerprint density at radius 2 is 1.96 bits per heavy atom. The number of aromatic nitrogens is 5. The zero-order valence-corrected chi connectivity index (χ0v) is 14.7. The number of fused-ring (bicyclic) bond motifs is 1. The van der Waals surface area contributed by atoms with Gasteiger partial charge in [0.1, 0.15) is 5.82 Å². The van der Waals surface area contributed by atoms with Gasteiger partial charge in [0.2, 0.25) is 5.82 Å². The van der Waals surface area contributed by atoms with Crippen LogP contribution in [0.1, 0.15) is 29.0 Å². The summed E-state index contributed by atoms with van der Waals surface area (Å²) in [6, 6.07) is 3.88. The number of nitrogens with zero attached hydrogens (tertiary/aromatic N) is 6. The molecule has 0 aromatic carbocycles. The van der Waals surface area contributed by atoms with Gasteiger partial charge in [-0.3, -0.25) is 14.5 Å². The molecule has 8 heteroatoms. The van der Waals surface area contributed by atoms with Crippen LogP contribution in [-0.4, -0.2) is 50.3 Å². The number of pyridine rings is 1. The molecule has 134 valence electrons. The summed E-state index contributed by atoms with van der Waals surface area (Å²) < 4.78 is 1.71. The van der Waals surface area contributed by atoms with Gasteiger partial charge in [0.05, 0.1) is 5.39 Å². The van der Waals surface area contributed by atoms with Gasteiger partial charge in [-0.05, 0) is 37.0 Å². The first-order chi connectivity index (χ1) is 12.7. The zero-order chi connectivity index (χ0) is 17.9. The highest BCUT2D eigenvalue weighted by Crippen LogP contribution is 2.26. The molecule has 0 bridgehead atoms. The van der Waals surface area contributed by atoms with E-state index in [9.17, 15) is 4.79 Å². The van der Waals surface area contributed by atoms with Crippen LogP contribution in [0.5, 0.6) is 0 Å². The SMILES string of the molecule is Cn1cc2c(N3CCCC3)nc(C(=O)NCCc3ccncc3)nc2n1. The average Bonchev–Trinajstić information content (AvgIpc) is 3.30. The maximum atomic E-state index is 12.6. The van der Waals surface area contributed by atoms with Crippen molar-refractivity contribution in [3.8, 4) is 0 Å². The summed E-state index contributed by atoms with van der Waals surface area (Å²) in [5.74, 6) is 0.708. The molecule has 3 aromatic rings. The first-order valence-corrected chi connectivity index (χ1v) is 8.84. The molecule has 8 nitrogen and oxygen atoms in total. The van der Waals surface area contributed by atoms with Crippen molar-refractivity contribution in [2.75, 3.05) is 24.5 Å². The van der Waals surface area contributed by atoms with Crippen LogP contribution in [0.15, 0.2) is 30.7 Å². The number of amides is 1. The summed E-state index contributed by atoms with van der Waals surface area (Å²) in [6.07, 6.45) is 8.42. The van der Waals surface area contributed by atoms with E-state index in [0.29, 0.717) is 12.2 Å². The molecule has 26 heavy (non-hydrogen) atoms. The molecule has 4 heterocycles. The molecular formula is C18H21N7O. The molecule has 1 amide bonds. The Kier molecular flexibility index (Phi) is 4.47. The molecule has 0 saturated carbocycles. The molecule has 1 N–H and O–H groups in total. The maximum absolute atomic E-state index is 12.6. The molecule has 3 aromatic heterocycles. The van der Waals surface area contributed by atoms with Crippen molar-refractivity contribution in [3.63, 3.8) is 0 Å². The van der Waals surface area contributed by atoms with Crippen LogP contribution in [0.4, 0.5) is 5.82 Å². The van der Waals surface area contributed by atoms with Gasteiger partial charge in [-0.1, -0.05) is 0 Å². The number of carbonyl (C=O) groups is 1. The van der Waals surface area contributed by atoms with E-state index in [2.05, 4.69) is 30.3 Å². The van der Waals surface area contributed by atoms with Gasteiger partial charge in [0, 0.05) is 45.3 Å². The normalized spacial score (nSPS) is 14.1. The Morgan fingerprint density at radius 1 is 1.19 bits per heavy atom. The summed E-state index contributed by atoms with van der Waals surface area (Å²) >= 11 is 0. The Balaban J connectivity index is 1.54. The molecule has 0 unspecified atom stereocenters. The van der Waals surface area contributed by atoms with Gasteiger partial charge < -0.3 is 10.2 Å². The van der Waals surface area contributed by atoms with Gasteiger partial charge in [-0.15, -0.1) is 0 Å². The lowest BCUT2D eigenvalue weighted by Crippen LogP contribution is -2.29. The maximum Gasteiger partial charge on any atom is 0.289 e. The van der Waals surface area contributed by atoms with E-state index in [1.807, 2.05) is 25.4 Å². The minimum Gasteiger partial charge on any atom is -0.356 e. The van der Waals surface area contributed by atoms with Crippen molar-refractivity contribution in [1.29, 1.82) is 0 Å². The van der Waals surface area contributed by atoms with Crippen LogP contribution < -0.4 is 10.2 Å². The Hall–Kier alpha value is -3.03. The average molecular weight is 351 g/mol. The molecule has 1 aliphatic rings. The van der Waals surface area contributed by atoms with Crippen molar-refractivity contribution in [1.82, 2.24) is 30.0 Å². The summed E-state index contributed by atoms with van der Waals surface area (Å²) in [5, 5.41) is 8.16. The zero-order valence-electron chi connectivity index (χ0n) is 14.7. The quantitative estimate of drug-likeness (QED) is 0.746. The third-order valence-corrected chi connectivity index (χ3v) is 4.53. The third kappa shape index (κ3) is 3.35. The molecule has 0 aliphatic carbocycles.